The van der Waals surface area contributed by atoms with E-state index in [-0.39, 0.29) is 84.4 Å². The summed E-state index contributed by atoms with van der Waals surface area (Å²) in [7, 11) is 0. The van der Waals surface area contributed by atoms with Gasteiger partial charge >= 0.3 is 36.9 Å². The van der Waals surface area contributed by atoms with Crippen molar-refractivity contribution in [2.24, 2.45) is 0 Å². The van der Waals surface area contributed by atoms with E-state index < -0.39 is 58.7 Å². The molecule has 2 aromatic carbocycles. The first-order chi connectivity index (χ1) is 41.8. The number of aliphatic hydroxyl groups is 1. The van der Waals surface area contributed by atoms with E-state index in [1.165, 1.54) is 37.3 Å². The first-order valence-electron chi connectivity index (χ1n) is 29.1. The number of carbonyl (C=O) groups is 1. The Morgan fingerprint density at radius 2 is 0.798 bits per heavy atom. The monoisotopic (exact) mass is 1300 g/mol. The minimum absolute atomic E-state index is 0.0347. The summed E-state index contributed by atoms with van der Waals surface area (Å²) in [6.45, 7) is 5.78. The highest BCUT2D eigenvalue weighted by Gasteiger charge is 2.46. The molecule has 28 heteroatoms. The molecule has 3 aromatic heterocycles. The zero-order valence-corrected chi connectivity index (χ0v) is 49.4. The molecule has 6 saturated heterocycles. The molecule has 0 spiro atoms. The van der Waals surface area contributed by atoms with Crippen LogP contribution in [0.4, 0.5) is 83.3 Å². The van der Waals surface area contributed by atoms with Crippen LogP contribution in [-0.2, 0) is 40.4 Å². The second-order valence-corrected chi connectivity index (χ2v) is 23.1. The summed E-state index contributed by atoms with van der Waals surface area (Å²) < 4.78 is 212. The Balaban J connectivity index is 0.000000160. The average Bonchev–Trinajstić information content (AvgIpc) is 1.98. The highest BCUT2D eigenvalue weighted by Crippen LogP contribution is 2.45. The summed E-state index contributed by atoms with van der Waals surface area (Å²) in [4.78, 5) is 29.7. The summed E-state index contributed by atoms with van der Waals surface area (Å²) >= 11 is 4.02. The molecule has 0 amide bonds. The number of fused-ring (bicyclic) bond motifs is 6. The van der Waals surface area contributed by atoms with E-state index in [1.54, 1.807) is 0 Å². The highest BCUT2D eigenvalue weighted by molar-refractivity contribution is 7.80. The van der Waals surface area contributed by atoms with Gasteiger partial charge in [0.25, 0.3) is 0 Å². The van der Waals surface area contributed by atoms with E-state index in [0.717, 1.165) is 106 Å². The van der Waals surface area contributed by atoms with Crippen molar-refractivity contribution in [2.75, 3.05) is 27.9 Å². The Hall–Kier alpha value is -6.58. The molecule has 0 saturated carbocycles. The van der Waals surface area contributed by atoms with Crippen molar-refractivity contribution in [1.82, 2.24) is 15.0 Å². The zero-order valence-electron chi connectivity index (χ0n) is 48.5. The Kier molecular flexibility index (Phi) is 21.7. The number of carbonyl (C=O) groups excluding carboxylic acids is 1. The SMILES string of the molecule is CC(=O)OC1C[C@H]2CC[C@@H](C1)N2c1ccc(C(F)(F)F)cn1.CCCOc1cc(C(F)(F)F)ccc1OC1C[C@H]2CC[C@@H](C1)N2c1ccc(C(F)(F)F)cn1.CCCOc1cc(C(F)(F)F)ccc1S.OC1C[C@H]2CC[C@@H](C1)N2c1ccc(C(F)(F)F)cn1. The third-order valence-corrected chi connectivity index (χ3v) is 16.6. The van der Waals surface area contributed by atoms with Gasteiger partial charge in [-0.3, -0.25) is 4.79 Å². The normalized spacial score (nSPS) is 23.9. The molecule has 3 unspecified atom stereocenters. The van der Waals surface area contributed by atoms with Crippen molar-refractivity contribution >= 4 is 36.1 Å². The molecule has 6 aliphatic rings. The topological polar surface area (TPSA) is 123 Å². The molecule has 1 N–H and O–H groups in total. The van der Waals surface area contributed by atoms with Crippen molar-refractivity contribution < 1.29 is 94.7 Å². The predicted molar refractivity (Wildman–Crippen MR) is 301 cm³/mol. The van der Waals surface area contributed by atoms with Crippen molar-refractivity contribution in [3.05, 3.63) is 119 Å². The lowest BCUT2D eigenvalue weighted by Gasteiger charge is -2.39. The van der Waals surface area contributed by atoms with Crippen molar-refractivity contribution in [2.45, 2.75) is 201 Å². The third kappa shape index (κ3) is 17.7. The van der Waals surface area contributed by atoms with Gasteiger partial charge in [-0.15, -0.1) is 12.6 Å². The number of thiol groups is 1. The first-order valence-corrected chi connectivity index (χ1v) is 29.6. The number of alkyl halides is 15. The van der Waals surface area contributed by atoms with Gasteiger partial charge in [0, 0.05) is 92.3 Å². The van der Waals surface area contributed by atoms with Crippen molar-refractivity contribution in [1.29, 1.82) is 0 Å². The lowest BCUT2D eigenvalue weighted by molar-refractivity contribution is -0.148. The lowest BCUT2D eigenvalue weighted by Crippen LogP contribution is -2.46. The first kappa shape index (κ1) is 68.3. The molecule has 5 aromatic rings. The molecule has 11 rings (SSSR count). The molecule has 6 fully saturated rings. The van der Waals surface area contributed by atoms with Crippen molar-refractivity contribution in [3.8, 4) is 17.2 Å². The fourth-order valence-electron chi connectivity index (χ4n) is 12.4. The van der Waals surface area contributed by atoms with Crippen LogP contribution < -0.4 is 28.9 Å². The van der Waals surface area contributed by atoms with Crippen LogP contribution in [0, 0.1) is 0 Å². The summed E-state index contributed by atoms with van der Waals surface area (Å²) in [5.74, 6) is 1.87. The van der Waals surface area contributed by atoms with Crippen LogP contribution in [0.3, 0.4) is 0 Å². The van der Waals surface area contributed by atoms with Gasteiger partial charge in [-0.2, -0.15) is 65.9 Å². The van der Waals surface area contributed by atoms with Gasteiger partial charge in [0.2, 0.25) is 0 Å². The van der Waals surface area contributed by atoms with E-state index in [9.17, 15) is 75.8 Å². The second kappa shape index (κ2) is 28.3. The number of pyridine rings is 3. The minimum Gasteiger partial charge on any atom is -0.492 e. The standard InChI is InChI=1S/C23H24F6N2O2.C15H17F3N2O2.C13H15F3N2O.C10H11F3OS/c1-2-9-32-20-10-14(22(24,25)26)3-7-19(20)33-18-11-16-5-6-17(12-18)31(16)21-8-4-15(13-30-21)23(27,28)29;1-9(21)22-13-6-11-3-4-12(7-13)20(11)14-5-2-10(8-19-14)15(16,17)18;14-13(15,16)8-1-4-12(17-7-8)18-9-2-3-10(18)6-11(19)5-9;1-2-5-14-8-6-7(10(11,12)13)3-4-9(8)15/h3-4,7-8,10,13,16-18H,2,5-6,9,11-12H2,1H3;2,5,8,11-13H,3-4,6-7H2,1H3;1,4,7,9-11,19H,2-3,5-6H2;3-4,6,15H,2,5H2,1H3/t16-,17+,18?;11-,12+,13?;9-,10+,11?;. The molecule has 6 aliphatic heterocycles. The van der Waals surface area contributed by atoms with Gasteiger partial charge in [0.05, 0.1) is 47.1 Å². The van der Waals surface area contributed by atoms with Crippen LogP contribution in [0.25, 0.3) is 0 Å². The maximum absolute atomic E-state index is 13.1. The second-order valence-electron chi connectivity index (χ2n) is 22.7. The summed E-state index contributed by atoms with van der Waals surface area (Å²) in [6.07, 6.45) is -9.11. The van der Waals surface area contributed by atoms with Crippen molar-refractivity contribution in [3.63, 3.8) is 0 Å². The number of esters is 1. The van der Waals surface area contributed by atoms with Crippen LogP contribution in [-0.4, -0.2) is 93.8 Å². The Morgan fingerprint density at radius 1 is 0.472 bits per heavy atom. The van der Waals surface area contributed by atoms with E-state index in [0.29, 0.717) is 73.9 Å². The smallest absolute Gasteiger partial charge is 0.417 e. The molecule has 0 radical (unpaired) electrons. The highest BCUT2D eigenvalue weighted by atomic mass is 32.1. The van der Waals surface area contributed by atoms with Gasteiger partial charge in [-0.1, -0.05) is 13.8 Å². The number of aliphatic hydroxyl groups excluding tert-OH is 1. The fraction of sp³-hybridized carbons (Fsp3) is 0.541. The van der Waals surface area contributed by atoms with E-state index >= 15 is 0 Å². The molecular formula is C61H67F15N6O6S. The van der Waals surface area contributed by atoms with E-state index in [4.69, 9.17) is 18.9 Å². The number of anilines is 3. The predicted octanol–water partition coefficient (Wildman–Crippen LogP) is 16.0. The quantitative estimate of drug-likeness (QED) is 0.0702. The number of rotatable bonds is 12. The maximum Gasteiger partial charge on any atom is 0.417 e. The van der Waals surface area contributed by atoms with E-state index in [1.807, 2.05) is 18.7 Å². The van der Waals surface area contributed by atoms with Crippen LogP contribution in [0.15, 0.2) is 96.3 Å². The van der Waals surface area contributed by atoms with Crippen LogP contribution in [0.1, 0.15) is 138 Å². The molecule has 12 nitrogen and oxygen atoms in total. The van der Waals surface area contributed by atoms with Gasteiger partial charge in [0.1, 0.15) is 35.4 Å². The number of piperidine rings is 3. The van der Waals surface area contributed by atoms with Gasteiger partial charge < -0.3 is 38.8 Å². The summed E-state index contributed by atoms with van der Waals surface area (Å²) in [6, 6.07) is 14.7. The number of halogens is 15. The molecule has 488 valence electrons. The van der Waals surface area contributed by atoms with Crippen LogP contribution in [0.2, 0.25) is 0 Å². The zero-order chi connectivity index (χ0) is 64.8. The van der Waals surface area contributed by atoms with Gasteiger partial charge in [-0.05, 0) is 137 Å². The molecular weight excluding hydrogens is 1230 g/mol. The minimum atomic E-state index is -4.48. The third-order valence-electron chi connectivity index (χ3n) is 16.2. The Morgan fingerprint density at radius 3 is 1.13 bits per heavy atom. The van der Waals surface area contributed by atoms with Crippen LogP contribution >= 0.6 is 12.6 Å². The number of aromatic nitrogens is 3. The van der Waals surface area contributed by atoms with Crippen LogP contribution in [0.5, 0.6) is 17.2 Å². The fourth-order valence-corrected chi connectivity index (χ4v) is 12.6. The number of hydrogen-bond acceptors (Lipinski definition) is 13. The molecule has 9 atom stereocenters. The molecule has 6 bridgehead atoms. The maximum atomic E-state index is 13.1. The molecule has 9 heterocycles. The van der Waals surface area contributed by atoms with Gasteiger partial charge in [0.15, 0.2) is 11.5 Å². The average molecular weight is 1300 g/mol. The lowest BCUT2D eigenvalue weighted by atomic mass is 9.99. The number of ether oxygens (including phenoxy) is 4. The Bertz CT molecular complexity index is 3080. The number of nitrogens with zero attached hydrogens (tertiary/aromatic N) is 6. The Labute approximate surface area is 509 Å². The van der Waals surface area contributed by atoms with Gasteiger partial charge in [-0.25, -0.2) is 15.0 Å². The van der Waals surface area contributed by atoms with E-state index in [2.05, 4.69) is 37.4 Å². The summed E-state index contributed by atoms with van der Waals surface area (Å²) in [5.41, 5.74) is -3.77. The molecule has 89 heavy (non-hydrogen) atoms. The molecule has 0 aliphatic carbocycles. The number of benzene rings is 2. The summed E-state index contributed by atoms with van der Waals surface area (Å²) in [5, 5.41) is 9.71. The largest absolute Gasteiger partial charge is 0.492 e. The number of hydrogen-bond donors (Lipinski definition) is 2.